The Labute approximate surface area is 85.0 Å². The van der Waals surface area contributed by atoms with Crippen LogP contribution in [0.5, 0.6) is 0 Å². The van der Waals surface area contributed by atoms with Crippen LogP contribution < -0.4 is 11.3 Å². The molecule has 1 heterocycles. The summed E-state index contributed by atoms with van der Waals surface area (Å²) in [5.41, 5.74) is 2.30. The Kier molecular flexibility index (Phi) is 3.48. The van der Waals surface area contributed by atoms with Gasteiger partial charge < -0.3 is 0 Å². The fourth-order valence-electron chi connectivity index (χ4n) is 0.773. The smallest absolute Gasteiger partial charge is 0.258 e. The first-order chi connectivity index (χ1) is 6.15. The molecule has 1 aromatic rings. The summed E-state index contributed by atoms with van der Waals surface area (Å²) >= 11 is 11.3. The van der Waals surface area contributed by atoms with Crippen molar-refractivity contribution < 1.29 is 4.79 Å². The summed E-state index contributed by atoms with van der Waals surface area (Å²) in [4.78, 5) is 14.8. The monoisotopic (exact) mass is 219 g/mol. The van der Waals surface area contributed by atoms with E-state index in [-0.39, 0.29) is 5.15 Å². The van der Waals surface area contributed by atoms with E-state index in [1.165, 1.54) is 0 Å². The molecule has 6 heteroatoms. The molecule has 0 aliphatic heterocycles. The topological polar surface area (TPSA) is 68.0 Å². The summed E-state index contributed by atoms with van der Waals surface area (Å²) in [5.74, 6) is 4.39. The van der Waals surface area contributed by atoms with Crippen molar-refractivity contribution in [3.63, 3.8) is 0 Å². The lowest BCUT2D eigenvalue weighted by Crippen LogP contribution is -2.33. The van der Waals surface area contributed by atoms with Gasteiger partial charge in [-0.3, -0.25) is 10.2 Å². The molecule has 3 N–H and O–H groups in total. The fourth-order valence-corrected chi connectivity index (χ4v) is 1.13. The third-order valence-corrected chi connectivity index (χ3v) is 2.00. The van der Waals surface area contributed by atoms with Crippen LogP contribution in [-0.4, -0.2) is 10.9 Å². The third kappa shape index (κ3) is 2.55. The number of alkyl halides is 1. The zero-order valence-corrected chi connectivity index (χ0v) is 8.01. The number of nitrogens with one attached hydrogen (secondary N) is 1. The van der Waals surface area contributed by atoms with Gasteiger partial charge in [-0.25, -0.2) is 10.8 Å². The summed E-state index contributed by atoms with van der Waals surface area (Å²) in [5, 5.41) is -0.628. The minimum absolute atomic E-state index is 0.285. The molecule has 1 atom stereocenters. The van der Waals surface area contributed by atoms with Gasteiger partial charge in [0.05, 0.1) is 5.69 Å². The average molecular weight is 220 g/mol. The van der Waals surface area contributed by atoms with Gasteiger partial charge in [0.2, 0.25) is 0 Å². The van der Waals surface area contributed by atoms with Crippen LogP contribution in [0.25, 0.3) is 0 Å². The Hall–Kier alpha value is -0.840. The highest BCUT2D eigenvalue weighted by Crippen LogP contribution is 2.19. The van der Waals surface area contributed by atoms with Gasteiger partial charge in [-0.1, -0.05) is 17.7 Å². The van der Waals surface area contributed by atoms with Crippen molar-refractivity contribution in [3.05, 3.63) is 29.0 Å². The van der Waals surface area contributed by atoms with Gasteiger partial charge in [-0.2, -0.15) is 0 Å². The summed E-state index contributed by atoms with van der Waals surface area (Å²) < 4.78 is 0. The first kappa shape index (κ1) is 10.2. The minimum Gasteiger partial charge on any atom is -0.293 e. The van der Waals surface area contributed by atoms with E-state index in [2.05, 4.69) is 4.98 Å². The van der Waals surface area contributed by atoms with Crippen LogP contribution >= 0.6 is 23.2 Å². The van der Waals surface area contributed by atoms with Crippen molar-refractivity contribution in [3.8, 4) is 0 Å². The molecule has 1 unspecified atom stereocenters. The first-order valence-electron chi connectivity index (χ1n) is 3.42. The molecule has 0 saturated carbocycles. The van der Waals surface area contributed by atoms with E-state index < -0.39 is 11.3 Å². The zero-order valence-electron chi connectivity index (χ0n) is 6.50. The Morgan fingerprint density at radius 3 is 2.85 bits per heavy atom. The highest BCUT2D eigenvalue weighted by Gasteiger charge is 2.17. The molecule has 0 aromatic carbocycles. The van der Waals surface area contributed by atoms with Crippen LogP contribution in [0.3, 0.4) is 0 Å². The molecule has 1 amide bonds. The number of halogens is 2. The number of hydrogen-bond donors (Lipinski definition) is 2. The third-order valence-electron chi connectivity index (χ3n) is 1.37. The van der Waals surface area contributed by atoms with Crippen molar-refractivity contribution in [1.82, 2.24) is 10.4 Å². The summed E-state index contributed by atoms with van der Waals surface area (Å²) in [6, 6.07) is 4.84. The van der Waals surface area contributed by atoms with Gasteiger partial charge in [0.15, 0.2) is 5.38 Å². The Morgan fingerprint density at radius 2 is 2.31 bits per heavy atom. The Bertz CT molecular complexity index is 318. The van der Waals surface area contributed by atoms with Gasteiger partial charge >= 0.3 is 0 Å². The number of amides is 1. The normalized spacial score (nSPS) is 12.2. The number of hydrogen-bond acceptors (Lipinski definition) is 3. The highest BCUT2D eigenvalue weighted by molar-refractivity contribution is 6.31. The largest absolute Gasteiger partial charge is 0.293 e. The van der Waals surface area contributed by atoms with E-state index in [4.69, 9.17) is 29.0 Å². The van der Waals surface area contributed by atoms with E-state index in [0.717, 1.165) is 0 Å². The van der Waals surface area contributed by atoms with Crippen LogP contribution in [0.15, 0.2) is 18.2 Å². The average Bonchev–Trinajstić information content (AvgIpc) is 2.15. The number of rotatable bonds is 2. The highest BCUT2D eigenvalue weighted by atomic mass is 35.5. The molecule has 0 aliphatic rings. The van der Waals surface area contributed by atoms with E-state index in [1.807, 2.05) is 5.43 Å². The van der Waals surface area contributed by atoms with Gasteiger partial charge in [0, 0.05) is 0 Å². The summed E-state index contributed by atoms with van der Waals surface area (Å²) in [6.45, 7) is 0. The van der Waals surface area contributed by atoms with Crippen LogP contribution in [0.2, 0.25) is 5.15 Å². The number of carbonyl (C=O) groups is 1. The van der Waals surface area contributed by atoms with Crippen molar-refractivity contribution >= 4 is 29.1 Å². The summed E-state index contributed by atoms with van der Waals surface area (Å²) in [7, 11) is 0. The standard InChI is InChI=1S/C7H7Cl2N3O/c8-5-3-1-2-4(11-5)6(9)7(13)12-10/h1-3,6H,10H2,(H,12,13). The maximum absolute atomic E-state index is 11.0. The molecular formula is C7H7Cl2N3O. The number of nitrogens with two attached hydrogens (primary N) is 1. The molecule has 0 spiro atoms. The van der Waals surface area contributed by atoms with Crippen LogP contribution in [-0.2, 0) is 4.79 Å². The van der Waals surface area contributed by atoms with Crippen LogP contribution in [0.4, 0.5) is 0 Å². The lowest BCUT2D eigenvalue weighted by atomic mass is 10.2. The summed E-state index contributed by atoms with van der Waals surface area (Å²) in [6.07, 6.45) is 0. The molecule has 0 aliphatic carbocycles. The van der Waals surface area contributed by atoms with Crippen molar-refractivity contribution in [1.29, 1.82) is 0 Å². The molecule has 0 bridgehead atoms. The fraction of sp³-hybridized carbons (Fsp3) is 0.143. The van der Waals surface area contributed by atoms with Gasteiger partial charge in [0.1, 0.15) is 5.15 Å². The van der Waals surface area contributed by atoms with E-state index in [1.54, 1.807) is 18.2 Å². The second-order valence-corrected chi connectivity index (χ2v) is 3.08. The SMILES string of the molecule is NNC(=O)C(Cl)c1cccc(Cl)n1. The maximum atomic E-state index is 11.0. The molecule has 0 saturated heterocycles. The predicted molar refractivity (Wildman–Crippen MR) is 50.2 cm³/mol. The quantitative estimate of drug-likeness (QED) is 0.257. The van der Waals surface area contributed by atoms with Gasteiger partial charge in [-0.15, -0.1) is 11.6 Å². The van der Waals surface area contributed by atoms with Gasteiger partial charge in [0.25, 0.3) is 5.91 Å². The van der Waals surface area contributed by atoms with Crippen LogP contribution in [0, 0.1) is 0 Å². The number of nitrogens with zero attached hydrogens (tertiary/aromatic N) is 1. The lowest BCUT2D eigenvalue weighted by molar-refractivity contribution is -0.120. The number of aromatic nitrogens is 1. The molecule has 0 radical (unpaired) electrons. The Balaban J connectivity index is 2.88. The molecule has 70 valence electrons. The van der Waals surface area contributed by atoms with E-state index in [0.29, 0.717) is 5.69 Å². The first-order valence-corrected chi connectivity index (χ1v) is 4.23. The number of hydrazine groups is 1. The molecule has 1 aromatic heterocycles. The lowest BCUT2D eigenvalue weighted by Gasteiger charge is -2.06. The second-order valence-electron chi connectivity index (χ2n) is 2.26. The minimum atomic E-state index is -0.913. The second kappa shape index (κ2) is 4.41. The van der Waals surface area contributed by atoms with Crippen molar-refractivity contribution in [2.75, 3.05) is 0 Å². The van der Waals surface area contributed by atoms with E-state index >= 15 is 0 Å². The van der Waals surface area contributed by atoms with Crippen LogP contribution in [0.1, 0.15) is 11.1 Å². The van der Waals surface area contributed by atoms with Crippen molar-refractivity contribution in [2.24, 2.45) is 5.84 Å². The molecule has 1 rings (SSSR count). The zero-order chi connectivity index (χ0) is 9.84. The maximum Gasteiger partial charge on any atom is 0.258 e. The van der Waals surface area contributed by atoms with Crippen molar-refractivity contribution in [2.45, 2.75) is 5.38 Å². The van der Waals surface area contributed by atoms with Gasteiger partial charge in [-0.05, 0) is 12.1 Å². The predicted octanol–water partition coefficient (Wildman–Crippen LogP) is 1.00. The number of carbonyl (C=O) groups excluding carboxylic acids is 1. The molecule has 13 heavy (non-hydrogen) atoms. The molecular weight excluding hydrogens is 213 g/mol. The molecule has 0 fully saturated rings. The Morgan fingerprint density at radius 1 is 1.62 bits per heavy atom. The molecule has 4 nitrogen and oxygen atoms in total. The van der Waals surface area contributed by atoms with E-state index in [9.17, 15) is 4.79 Å². The number of pyridine rings is 1.